The summed E-state index contributed by atoms with van der Waals surface area (Å²) in [5.41, 5.74) is 8.34. The SMILES string of the molecule is C[S@+]([O-])c1ccc(N2CCN(CCn3c(=O)sc4c3nc(N)n3nc(-c5ccco5)nc43)CC2)cc1. The molecule has 0 aliphatic carbocycles. The molecule has 2 N–H and O–H groups in total. The van der Waals surface area contributed by atoms with Crippen molar-refractivity contribution >= 4 is 50.1 Å². The lowest BCUT2D eigenvalue weighted by Crippen LogP contribution is -2.47. The Hall–Kier alpha value is -3.39. The van der Waals surface area contributed by atoms with E-state index >= 15 is 0 Å². The molecule has 13 heteroatoms. The lowest BCUT2D eigenvalue weighted by atomic mass is 10.2. The van der Waals surface area contributed by atoms with Gasteiger partial charge < -0.3 is 19.6 Å². The Morgan fingerprint density at radius 2 is 1.86 bits per heavy atom. The molecule has 36 heavy (non-hydrogen) atoms. The highest BCUT2D eigenvalue weighted by Gasteiger charge is 2.21. The summed E-state index contributed by atoms with van der Waals surface area (Å²) >= 11 is 0.129. The van der Waals surface area contributed by atoms with E-state index in [1.165, 1.54) is 4.52 Å². The van der Waals surface area contributed by atoms with Crippen molar-refractivity contribution in [1.82, 2.24) is 29.0 Å². The quantitative estimate of drug-likeness (QED) is 0.331. The van der Waals surface area contributed by atoms with Crippen molar-refractivity contribution in [3.63, 3.8) is 0 Å². The molecule has 1 saturated heterocycles. The van der Waals surface area contributed by atoms with E-state index in [1.54, 1.807) is 29.2 Å². The van der Waals surface area contributed by atoms with Crippen molar-refractivity contribution in [2.45, 2.75) is 11.4 Å². The minimum atomic E-state index is -0.973. The number of aromatic nitrogens is 5. The topological polar surface area (TPSA) is 134 Å². The first-order chi connectivity index (χ1) is 17.5. The molecule has 1 fully saturated rings. The molecule has 1 aromatic carbocycles. The molecule has 11 nitrogen and oxygen atoms in total. The first kappa shape index (κ1) is 23.0. The highest BCUT2D eigenvalue weighted by atomic mass is 32.2. The van der Waals surface area contributed by atoms with E-state index in [-0.39, 0.29) is 10.8 Å². The van der Waals surface area contributed by atoms with Crippen molar-refractivity contribution in [3.8, 4) is 11.6 Å². The summed E-state index contributed by atoms with van der Waals surface area (Å²) in [7, 11) is 0. The van der Waals surface area contributed by atoms with Gasteiger partial charge in [-0.05, 0) is 47.6 Å². The molecule has 0 bridgehead atoms. The van der Waals surface area contributed by atoms with Gasteiger partial charge in [0.2, 0.25) is 11.8 Å². The lowest BCUT2D eigenvalue weighted by Gasteiger charge is -2.36. The molecule has 0 amide bonds. The molecule has 186 valence electrons. The molecule has 4 aromatic heterocycles. The van der Waals surface area contributed by atoms with Crippen LogP contribution in [0.4, 0.5) is 11.6 Å². The molecule has 5 aromatic rings. The molecule has 0 saturated carbocycles. The van der Waals surface area contributed by atoms with Crippen molar-refractivity contribution < 1.29 is 8.97 Å². The van der Waals surface area contributed by atoms with Crippen molar-refractivity contribution in [1.29, 1.82) is 0 Å². The number of hydrogen-bond donors (Lipinski definition) is 1. The van der Waals surface area contributed by atoms with Crippen LogP contribution in [0.1, 0.15) is 0 Å². The Morgan fingerprint density at radius 3 is 2.56 bits per heavy atom. The average molecular weight is 525 g/mol. The number of hydrogen-bond acceptors (Lipinski definition) is 10. The second-order valence-electron chi connectivity index (χ2n) is 8.57. The van der Waals surface area contributed by atoms with Crippen LogP contribution in [0.5, 0.6) is 0 Å². The summed E-state index contributed by atoms with van der Waals surface area (Å²) in [6.07, 6.45) is 3.24. The fourth-order valence-corrected chi connectivity index (χ4v) is 5.91. The number of nitrogen functional groups attached to an aromatic ring is 1. The second kappa shape index (κ2) is 9.24. The maximum atomic E-state index is 12.9. The summed E-state index contributed by atoms with van der Waals surface area (Å²) in [6, 6.07) is 11.4. The second-order valence-corrected chi connectivity index (χ2v) is 10.9. The summed E-state index contributed by atoms with van der Waals surface area (Å²) in [4.78, 5) is 27.3. The zero-order chi connectivity index (χ0) is 24.8. The summed E-state index contributed by atoms with van der Waals surface area (Å²) in [5, 5.41) is 4.40. The maximum absolute atomic E-state index is 12.9. The largest absolute Gasteiger partial charge is 0.612 e. The fourth-order valence-electron chi connectivity index (χ4n) is 4.46. The monoisotopic (exact) mass is 524 g/mol. The van der Waals surface area contributed by atoms with E-state index in [1.807, 2.05) is 24.3 Å². The van der Waals surface area contributed by atoms with Crippen LogP contribution in [-0.4, -0.2) is 72.6 Å². The van der Waals surface area contributed by atoms with Gasteiger partial charge in [-0.2, -0.15) is 9.50 Å². The Morgan fingerprint density at radius 1 is 1.08 bits per heavy atom. The number of thiazole rings is 1. The summed E-state index contributed by atoms with van der Waals surface area (Å²) in [5.74, 6) is 1.08. The number of nitrogens with two attached hydrogens (primary N) is 1. The van der Waals surface area contributed by atoms with Crippen LogP contribution in [-0.2, 0) is 17.7 Å². The van der Waals surface area contributed by atoms with E-state index in [0.717, 1.165) is 54.6 Å². The van der Waals surface area contributed by atoms with E-state index in [0.29, 0.717) is 34.1 Å². The standard InChI is InChI=1S/C23H24N8O3S2/c1-36(33)16-6-4-15(5-7-16)29-11-8-28(9-12-29)10-13-30-20-18(35-23(30)32)21-25-19(17-3-2-14-34-17)27-31(21)22(24)26-20/h2-7,14H,8-13H2,1H3,(H2,24,26)/t36-/m0/s1. The minimum absolute atomic E-state index is 0.0976. The van der Waals surface area contributed by atoms with E-state index < -0.39 is 11.2 Å². The van der Waals surface area contributed by atoms with Gasteiger partial charge in [-0.1, -0.05) is 11.3 Å². The van der Waals surface area contributed by atoms with Crippen molar-refractivity contribution in [2.75, 3.05) is 49.6 Å². The maximum Gasteiger partial charge on any atom is 0.309 e. The molecule has 1 aliphatic rings. The zero-order valence-corrected chi connectivity index (χ0v) is 21.2. The summed E-state index contributed by atoms with van der Waals surface area (Å²) in [6.45, 7) is 4.77. The van der Waals surface area contributed by atoms with Crippen LogP contribution < -0.4 is 15.5 Å². The Balaban J connectivity index is 1.17. The first-order valence-corrected chi connectivity index (χ1v) is 13.9. The lowest BCUT2D eigenvalue weighted by molar-refractivity contribution is 0.248. The van der Waals surface area contributed by atoms with E-state index in [2.05, 4.69) is 24.9 Å². The molecular formula is C23H24N8O3S2. The van der Waals surface area contributed by atoms with Crippen LogP contribution in [0.25, 0.3) is 27.6 Å². The molecule has 5 heterocycles. The van der Waals surface area contributed by atoms with Crippen LogP contribution in [0.3, 0.4) is 0 Å². The number of furan rings is 1. The van der Waals surface area contributed by atoms with Gasteiger partial charge in [0.25, 0.3) is 0 Å². The average Bonchev–Trinajstić information content (AvgIpc) is 3.63. The Labute approximate surface area is 213 Å². The molecule has 0 radical (unpaired) electrons. The Bertz CT molecular complexity index is 1570. The van der Waals surface area contributed by atoms with Crippen LogP contribution in [0.2, 0.25) is 0 Å². The zero-order valence-electron chi connectivity index (χ0n) is 19.5. The number of rotatable bonds is 6. The molecule has 0 spiro atoms. The number of nitrogens with zero attached hydrogens (tertiary/aromatic N) is 7. The van der Waals surface area contributed by atoms with Gasteiger partial charge in [0, 0.05) is 45.0 Å². The van der Waals surface area contributed by atoms with Crippen LogP contribution in [0, 0.1) is 0 Å². The molecule has 1 aliphatic heterocycles. The van der Waals surface area contributed by atoms with Gasteiger partial charge in [-0.25, -0.2) is 4.98 Å². The smallest absolute Gasteiger partial charge is 0.309 e. The van der Waals surface area contributed by atoms with Gasteiger partial charge in [0.1, 0.15) is 11.0 Å². The number of anilines is 2. The predicted octanol–water partition coefficient (Wildman–Crippen LogP) is 1.90. The first-order valence-electron chi connectivity index (χ1n) is 11.5. The Kier molecular flexibility index (Phi) is 5.91. The predicted molar refractivity (Wildman–Crippen MR) is 140 cm³/mol. The normalized spacial score (nSPS) is 15.8. The van der Waals surface area contributed by atoms with Gasteiger partial charge in [0.05, 0.1) is 6.26 Å². The summed E-state index contributed by atoms with van der Waals surface area (Å²) < 4.78 is 20.8. The third kappa shape index (κ3) is 4.13. The number of piperazine rings is 1. The molecule has 1 atom stereocenters. The van der Waals surface area contributed by atoms with Gasteiger partial charge in [-0.15, -0.1) is 5.10 Å². The van der Waals surface area contributed by atoms with Crippen molar-refractivity contribution in [3.05, 3.63) is 52.3 Å². The third-order valence-electron chi connectivity index (χ3n) is 6.40. The minimum Gasteiger partial charge on any atom is -0.612 e. The number of benzene rings is 1. The molecular weight excluding hydrogens is 500 g/mol. The fraction of sp³-hybridized carbons (Fsp3) is 0.304. The molecule has 6 rings (SSSR count). The van der Waals surface area contributed by atoms with Gasteiger partial charge in [0.15, 0.2) is 22.0 Å². The highest BCUT2D eigenvalue weighted by molar-refractivity contribution is 7.90. The van der Waals surface area contributed by atoms with Crippen molar-refractivity contribution in [2.24, 2.45) is 0 Å². The van der Waals surface area contributed by atoms with E-state index in [9.17, 15) is 9.35 Å². The van der Waals surface area contributed by atoms with Gasteiger partial charge in [-0.3, -0.25) is 14.3 Å². The van der Waals surface area contributed by atoms with Crippen LogP contribution >= 0.6 is 11.3 Å². The third-order valence-corrected chi connectivity index (χ3v) is 8.30. The van der Waals surface area contributed by atoms with Gasteiger partial charge >= 0.3 is 4.87 Å². The molecule has 0 unspecified atom stereocenters. The highest BCUT2D eigenvalue weighted by Crippen LogP contribution is 2.26. The number of fused-ring (bicyclic) bond motifs is 3. The van der Waals surface area contributed by atoms with E-state index in [4.69, 9.17) is 10.2 Å². The van der Waals surface area contributed by atoms with Crippen LogP contribution in [0.15, 0.2) is 56.8 Å².